The summed E-state index contributed by atoms with van der Waals surface area (Å²) in [6, 6.07) is 0. The lowest BCUT2D eigenvalue weighted by Gasteiger charge is -2.30. The van der Waals surface area contributed by atoms with Gasteiger partial charge in [0.05, 0.1) is 0 Å². The molecule has 1 rings (SSSR count). The smallest absolute Gasteiger partial charge is 0.190 e. The third-order valence-electron chi connectivity index (χ3n) is 4.22. The third kappa shape index (κ3) is 7.67. The highest BCUT2D eigenvalue weighted by Gasteiger charge is 2.17. The molecular formula is C15H33IN4. The molecule has 1 heterocycles. The number of hydrogen-bond donors (Lipinski definition) is 2. The molecule has 20 heavy (non-hydrogen) atoms. The second-order valence-corrected chi connectivity index (χ2v) is 5.79. The van der Waals surface area contributed by atoms with Crippen LogP contribution in [0, 0.1) is 11.8 Å². The average Bonchev–Trinajstić information content (AvgIpc) is 2.43. The summed E-state index contributed by atoms with van der Waals surface area (Å²) in [6.45, 7) is 9.02. The van der Waals surface area contributed by atoms with Crippen molar-refractivity contribution in [2.45, 2.75) is 39.5 Å². The van der Waals surface area contributed by atoms with Crippen molar-refractivity contribution in [1.29, 1.82) is 0 Å². The van der Waals surface area contributed by atoms with Gasteiger partial charge < -0.3 is 15.5 Å². The van der Waals surface area contributed by atoms with Crippen LogP contribution in [0.4, 0.5) is 0 Å². The van der Waals surface area contributed by atoms with Gasteiger partial charge in [-0.2, -0.15) is 0 Å². The third-order valence-corrected chi connectivity index (χ3v) is 4.22. The molecule has 1 aliphatic rings. The molecule has 1 atom stereocenters. The van der Waals surface area contributed by atoms with Crippen LogP contribution < -0.4 is 10.6 Å². The maximum Gasteiger partial charge on any atom is 0.190 e. The molecule has 0 aliphatic carbocycles. The summed E-state index contributed by atoms with van der Waals surface area (Å²) >= 11 is 0. The molecule has 0 aromatic heterocycles. The molecule has 120 valence electrons. The maximum absolute atomic E-state index is 4.31. The molecule has 0 bridgehead atoms. The lowest BCUT2D eigenvalue weighted by molar-refractivity contribution is 0.210. The first-order valence-corrected chi connectivity index (χ1v) is 7.82. The van der Waals surface area contributed by atoms with E-state index in [9.17, 15) is 0 Å². The Morgan fingerprint density at radius 3 is 2.55 bits per heavy atom. The van der Waals surface area contributed by atoms with Gasteiger partial charge in [0, 0.05) is 26.7 Å². The standard InChI is InChI=1S/C15H32N4.HI/c1-5-13(6-2)10-17-15(16-3)18-11-14-8-7-9-19(4)12-14;/h13-14H,5-12H2,1-4H3,(H2,16,17,18);1H. The van der Waals surface area contributed by atoms with Crippen molar-refractivity contribution in [3.05, 3.63) is 0 Å². The molecule has 0 spiro atoms. The Labute approximate surface area is 142 Å². The van der Waals surface area contributed by atoms with E-state index in [4.69, 9.17) is 0 Å². The van der Waals surface area contributed by atoms with Gasteiger partial charge in [-0.1, -0.05) is 26.7 Å². The van der Waals surface area contributed by atoms with E-state index in [1.807, 2.05) is 7.05 Å². The van der Waals surface area contributed by atoms with Gasteiger partial charge >= 0.3 is 0 Å². The fourth-order valence-corrected chi connectivity index (χ4v) is 2.72. The molecule has 0 aromatic rings. The van der Waals surface area contributed by atoms with Crippen molar-refractivity contribution < 1.29 is 0 Å². The van der Waals surface area contributed by atoms with Crippen LogP contribution in [0.25, 0.3) is 0 Å². The summed E-state index contributed by atoms with van der Waals surface area (Å²) in [5.74, 6) is 2.46. The lowest BCUT2D eigenvalue weighted by atomic mass is 9.98. The minimum Gasteiger partial charge on any atom is -0.356 e. The van der Waals surface area contributed by atoms with Crippen LogP contribution in [0.3, 0.4) is 0 Å². The second kappa shape index (κ2) is 11.6. The largest absolute Gasteiger partial charge is 0.356 e. The van der Waals surface area contributed by atoms with Crippen molar-refractivity contribution in [1.82, 2.24) is 15.5 Å². The van der Waals surface area contributed by atoms with E-state index in [1.54, 1.807) is 0 Å². The number of piperidine rings is 1. The minimum absolute atomic E-state index is 0. The number of likely N-dealkylation sites (tertiary alicyclic amines) is 1. The molecule has 5 heteroatoms. The summed E-state index contributed by atoms with van der Waals surface area (Å²) in [4.78, 5) is 6.74. The first kappa shape index (κ1) is 20.0. The summed E-state index contributed by atoms with van der Waals surface area (Å²) in [6.07, 6.45) is 5.12. The molecule has 1 fully saturated rings. The van der Waals surface area contributed by atoms with Crippen molar-refractivity contribution in [3.63, 3.8) is 0 Å². The minimum atomic E-state index is 0. The van der Waals surface area contributed by atoms with Crippen LogP contribution in [0.1, 0.15) is 39.5 Å². The summed E-state index contributed by atoms with van der Waals surface area (Å²) in [7, 11) is 4.07. The average molecular weight is 396 g/mol. The topological polar surface area (TPSA) is 39.7 Å². The summed E-state index contributed by atoms with van der Waals surface area (Å²) in [5.41, 5.74) is 0. The van der Waals surface area contributed by atoms with Crippen LogP contribution in [-0.4, -0.2) is 51.1 Å². The highest BCUT2D eigenvalue weighted by Crippen LogP contribution is 2.13. The Hall–Kier alpha value is -0.0400. The zero-order valence-electron chi connectivity index (χ0n) is 13.6. The van der Waals surface area contributed by atoms with E-state index in [0.29, 0.717) is 0 Å². The molecule has 1 aliphatic heterocycles. The Morgan fingerprint density at radius 1 is 1.30 bits per heavy atom. The Morgan fingerprint density at radius 2 is 2.00 bits per heavy atom. The summed E-state index contributed by atoms with van der Waals surface area (Å²) in [5, 5.41) is 6.92. The first-order valence-electron chi connectivity index (χ1n) is 7.82. The maximum atomic E-state index is 4.31. The number of nitrogens with zero attached hydrogens (tertiary/aromatic N) is 2. The fraction of sp³-hybridized carbons (Fsp3) is 0.933. The van der Waals surface area contributed by atoms with Gasteiger partial charge in [0.1, 0.15) is 0 Å². The van der Waals surface area contributed by atoms with Gasteiger partial charge in [0.25, 0.3) is 0 Å². The van der Waals surface area contributed by atoms with Crippen LogP contribution in [0.2, 0.25) is 0 Å². The number of guanidine groups is 1. The van der Waals surface area contributed by atoms with Crippen molar-refractivity contribution in [2.24, 2.45) is 16.8 Å². The van der Waals surface area contributed by atoms with Gasteiger partial charge in [-0.05, 0) is 38.3 Å². The van der Waals surface area contributed by atoms with Gasteiger partial charge in [0.15, 0.2) is 5.96 Å². The Bertz CT molecular complexity index is 267. The van der Waals surface area contributed by atoms with E-state index >= 15 is 0 Å². The molecular weight excluding hydrogens is 363 g/mol. The van der Waals surface area contributed by atoms with Crippen LogP contribution in [0.5, 0.6) is 0 Å². The van der Waals surface area contributed by atoms with Gasteiger partial charge in [-0.3, -0.25) is 4.99 Å². The summed E-state index contributed by atoms with van der Waals surface area (Å²) < 4.78 is 0. The number of halogens is 1. The van der Waals surface area contributed by atoms with E-state index in [1.165, 1.54) is 38.8 Å². The highest BCUT2D eigenvalue weighted by atomic mass is 127. The van der Waals surface area contributed by atoms with E-state index in [2.05, 4.69) is 41.4 Å². The number of nitrogens with one attached hydrogen (secondary N) is 2. The highest BCUT2D eigenvalue weighted by molar-refractivity contribution is 14.0. The second-order valence-electron chi connectivity index (χ2n) is 5.79. The quantitative estimate of drug-likeness (QED) is 0.412. The molecule has 0 aromatic carbocycles. The Balaban J connectivity index is 0.00000361. The van der Waals surface area contributed by atoms with E-state index < -0.39 is 0 Å². The zero-order chi connectivity index (χ0) is 14.1. The number of hydrogen-bond acceptors (Lipinski definition) is 2. The molecule has 4 nitrogen and oxygen atoms in total. The SMILES string of the molecule is CCC(CC)CNC(=NC)NCC1CCCN(C)C1.I. The predicted molar refractivity (Wildman–Crippen MR) is 99.1 cm³/mol. The number of rotatable bonds is 6. The van der Waals surface area contributed by atoms with Gasteiger partial charge in [-0.15, -0.1) is 24.0 Å². The van der Waals surface area contributed by atoms with Crippen LogP contribution >= 0.6 is 24.0 Å². The fourth-order valence-electron chi connectivity index (χ4n) is 2.72. The lowest BCUT2D eigenvalue weighted by Crippen LogP contribution is -2.44. The molecule has 1 unspecified atom stereocenters. The Kier molecular flexibility index (Phi) is 11.6. The molecule has 1 saturated heterocycles. The van der Waals surface area contributed by atoms with Crippen LogP contribution in [-0.2, 0) is 0 Å². The van der Waals surface area contributed by atoms with Crippen molar-refractivity contribution >= 4 is 29.9 Å². The molecule has 0 amide bonds. The van der Waals surface area contributed by atoms with Crippen molar-refractivity contribution in [2.75, 3.05) is 40.3 Å². The first-order chi connectivity index (χ1) is 9.19. The van der Waals surface area contributed by atoms with Crippen molar-refractivity contribution in [3.8, 4) is 0 Å². The van der Waals surface area contributed by atoms with Crippen LogP contribution in [0.15, 0.2) is 4.99 Å². The molecule has 0 radical (unpaired) electrons. The van der Waals surface area contributed by atoms with Gasteiger partial charge in [0.2, 0.25) is 0 Å². The monoisotopic (exact) mass is 396 g/mol. The van der Waals surface area contributed by atoms with Gasteiger partial charge in [-0.25, -0.2) is 0 Å². The predicted octanol–water partition coefficient (Wildman–Crippen LogP) is 2.55. The number of aliphatic imine (C=N–C) groups is 1. The zero-order valence-corrected chi connectivity index (χ0v) is 15.9. The van der Waals surface area contributed by atoms with E-state index in [-0.39, 0.29) is 24.0 Å². The van der Waals surface area contributed by atoms with E-state index in [0.717, 1.165) is 30.9 Å². The normalized spacial score (nSPS) is 20.6. The molecule has 0 saturated carbocycles. The molecule has 2 N–H and O–H groups in total.